The topological polar surface area (TPSA) is 56.6 Å². The van der Waals surface area contributed by atoms with Crippen LogP contribution < -0.4 is 9.47 Å². The summed E-state index contributed by atoms with van der Waals surface area (Å²) < 4.78 is 36.4. The first kappa shape index (κ1) is 18.7. The summed E-state index contributed by atoms with van der Waals surface area (Å²) in [5.74, 6) is -0.259. The highest BCUT2D eigenvalue weighted by atomic mass is 19.3. The van der Waals surface area contributed by atoms with Gasteiger partial charge in [0.1, 0.15) is 0 Å². The minimum atomic E-state index is -2.96. The number of alkyl halides is 2. The summed E-state index contributed by atoms with van der Waals surface area (Å²) in [5.41, 5.74) is 1.09. The van der Waals surface area contributed by atoms with Crippen molar-refractivity contribution in [3.63, 3.8) is 0 Å². The molecule has 0 N–H and O–H groups in total. The fraction of sp³-hybridized carbons (Fsp3) is 0.412. The van der Waals surface area contributed by atoms with E-state index in [1.165, 1.54) is 23.1 Å². The van der Waals surface area contributed by atoms with Crippen molar-refractivity contribution in [2.75, 3.05) is 13.7 Å². The lowest BCUT2D eigenvalue weighted by Gasteiger charge is -2.17. The zero-order valence-corrected chi connectivity index (χ0v) is 14.4. The molecule has 136 valence electrons. The highest BCUT2D eigenvalue weighted by Crippen LogP contribution is 2.30. The SMILES string of the molecule is CCOc1cc(C(=O)N(C)Cc2ccn(CC)n2)ccc1OC(F)F. The molecule has 2 rings (SSSR count). The molecule has 0 aliphatic carbocycles. The third kappa shape index (κ3) is 4.91. The first-order valence-corrected chi connectivity index (χ1v) is 7.94. The molecule has 0 fully saturated rings. The monoisotopic (exact) mass is 353 g/mol. The van der Waals surface area contributed by atoms with Gasteiger partial charge in [0.15, 0.2) is 11.5 Å². The number of hydrogen-bond acceptors (Lipinski definition) is 4. The van der Waals surface area contributed by atoms with Crippen LogP contribution in [0.15, 0.2) is 30.5 Å². The molecule has 0 spiro atoms. The predicted octanol–water partition coefficient (Wildman–Crippen LogP) is 3.18. The Bertz CT molecular complexity index is 719. The summed E-state index contributed by atoms with van der Waals surface area (Å²) in [6.45, 7) is 2.09. The molecule has 2 aromatic rings. The lowest BCUT2D eigenvalue weighted by Crippen LogP contribution is -2.26. The van der Waals surface area contributed by atoms with Crippen LogP contribution in [0.5, 0.6) is 11.5 Å². The summed E-state index contributed by atoms with van der Waals surface area (Å²) in [6.07, 6.45) is 1.84. The fourth-order valence-corrected chi connectivity index (χ4v) is 2.30. The molecule has 1 heterocycles. The summed E-state index contributed by atoms with van der Waals surface area (Å²) in [5, 5.41) is 4.33. The van der Waals surface area contributed by atoms with E-state index in [1.54, 1.807) is 18.7 Å². The second kappa shape index (κ2) is 8.46. The molecule has 0 saturated heterocycles. The van der Waals surface area contributed by atoms with Gasteiger partial charge in [0, 0.05) is 25.4 Å². The molecule has 0 aliphatic rings. The highest BCUT2D eigenvalue weighted by Gasteiger charge is 2.18. The van der Waals surface area contributed by atoms with Crippen LogP contribution in [-0.2, 0) is 13.1 Å². The Kier molecular flexibility index (Phi) is 6.32. The number of rotatable bonds is 8. The van der Waals surface area contributed by atoms with Gasteiger partial charge in [-0.15, -0.1) is 0 Å². The van der Waals surface area contributed by atoms with Gasteiger partial charge in [-0.05, 0) is 38.1 Å². The van der Waals surface area contributed by atoms with Crippen molar-refractivity contribution >= 4 is 5.91 Å². The molecular formula is C17H21F2N3O3. The van der Waals surface area contributed by atoms with E-state index >= 15 is 0 Å². The molecule has 0 aliphatic heterocycles. The Labute approximate surface area is 144 Å². The van der Waals surface area contributed by atoms with Gasteiger partial charge < -0.3 is 14.4 Å². The molecule has 25 heavy (non-hydrogen) atoms. The molecule has 0 saturated carbocycles. The van der Waals surface area contributed by atoms with Crippen molar-refractivity contribution in [3.8, 4) is 11.5 Å². The molecule has 0 atom stereocenters. The maximum absolute atomic E-state index is 12.6. The van der Waals surface area contributed by atoms with Crippen molar-refractivity contribution < 1.29 is 23.0 Å². The second-order valence-electron chi connectivity index (χ2n) is 5.30. The molecule has 1 amide bonds. The first-order chi connectivity index (χ1) is 11.9. The molecule has 0 bridgehead atoms. The van der Waals surface area contributed by atoms with Gasteiger partial charge in [0.25, 0.3) is 5.91 Å². The lowest BCUT2D eigenvalue weighted by molar-refractivity contribution is -0.0514. The van der Waals surface area contributed by atoms with Gasteiger partial charge in [0.05, 0.1) is 18.8 Å². The number of hydrogen-bond donors (Lipinski definition) is 0. The number of ether oxygens (including phenoxy) is 2. The van der Waals surface area contributed by atoms with Gasteiger partial charge in [-0.1, -0.05) is 0 Å². The van der Waals surface area contributed by atoms with Gasteiger partial charge in [0.2, 0.25) is 0 Å². The van der Waals surface area contributed by atoms with Gasteiger partial charge in [-0.25, -0.2) is 0 Å². The number of carbonyl (C=O) groups is 1. The van der Waals surface area contributed by atoms with E-state index < -0.39 is 6.61 Å². The smallest absolute Gasteiger partial charge is 0.387 e. The minimum Gasteiger partial charge on any atom is -0.490 e. The molecular weight excluding hydrogens is 332 g/mol. The Morgan fingerprint density at radius 1 is 1.28 bits per heavy atom. The van der Waals surface area contributed by atoms with Crippen molar-refractivity contribution in [1.29, 1.82) is 0 Å². The average molecular weight is 353 g/mol. The number of carbonyl (C=O) groups excluding carboxylic acids is 1. The van der Waals surface area contributed by atoms with E-state index in [-0.39, 0.29) is 24.0 Å². The van der Waals surface area contributed by atoms with Crippen molar-refractivity contribution in [1.82, 2.24) is 14.7 Å². The number of amides is 1. The van der Waals surface area contributed by atoms with Gasteiger partial charge in [-0.3, -0.25) is 9.48 Å². The van der Waals surface area contributed by atoms with Crippen LogP contribution in [-0.4, -0.2) is 40.9 Å². The number of aryl methyl sites for hydroxylation is 1. The largest absolute Gasteiger partial charge is 0.490 e. The molecule has 8 heteroatoms. The van der Waals surface area contributed by atoms with E-state index in [1.807, 2.05) is 19.2 Å². The summed E-state index contributed by atoms with van der Waals surface area (Å²) in [7, 11) is 1.65. The van der Waals surface area contributed by atoms with E-state index in [9.17, 15) is 13.6 Å². The predicted molar refractivity (Wildman–Crippen MR) is 87.9 cm³/mol. The third-order valence-electron chi connectivity index (χ3n) is 3.47. The van der Waals surface area contributed by atoms with Crippen LogP contribution in [0.1, 0.15) is 29.9 Å². The maximum atomic E-state index is 12.6. The first-order valence-electron chi connectivity index (χ1n) is 7.94. The Morgan fingerprint density at radius 3 is 2.64 bits per heavy atom. The number of benzene rings is 1. The van der Waals surface area contributed by atoms with E-state index in [0.29, 0.717) is 12.1 Å². The van der Waals surface area contributed by atoms with Crippen LogP contribution >= 0.6 is 0 Å². The van der Waals surface area contributed by atoms with Crippen LogP contribution in [0.3, 0.4) is 0 Å². The molecule has 0 unspecified atom stereocenters. The van der Waals surface area contributed by atoms with Gasteiger partial charge in [-0.2, -0.15) is 13.9 Å². The van der Waals surface area contributed by atoms with E-state index in [0.717, 1.165) is 12.2 Å². The Balaban J connectivity index is 2.15. The molecule has 1 aromatic heterocycles. The summed E-state index contributed by atoms with van der Waals surface area (Å²) in [4.78, 5) is 14.1. The number of nitrogens with zero attached hydrogens (tertiary/aromatic N) is 3. The standard InChI is InChI=1S/C17H21F2N3O3/c1-4-22-9-8-13(20-22)11-21(3)16(23)12-6-7-14(25-17(18)19)15(10-12)24-5-2/h6-10,17H,4-5,11H2,1-3H3. The maximum Gasteiger partial charge on any atom is 0.387 e. The third-order valence-corrected chi connectivity index (χ3v) is 3.47. The zero-order valence-electron chi connectivity index (χ0n) is 14.4. The van der Waals surface area contributed by atoms with Crippen molar-refractivity contribution in [3.05, 3.63) is 41.7 Å². The van der Waals surface area contributed by atoms with E-state index in [4.69, 9.17) is 4.74 Å². The average Bonchev–Trinajstić information content (AvgIpc) is 3.03. The number of aromatic nitrogens is 2. The zero-order chi connectivity index (χ0) is 18.4. The highest BCUT2D eigenvalue weighted by molar-refractivity contribution is 5.94. The molecule has 0 radical (unpaired) electrons. The quantitative estimate of drug-likeness (QED) is 0.731. The lowest BCUT2D eigenvalue weighted by atomic mass is 10.1. The molecule has 6 nitrogen and oxygen atoms in total. The number of halogens is 2. The van der Waals surface area contributed by atoms with Crippen molar-refractivity contribution in [2.45, 2.75) is 33.5 Å². The van der Waals surface area contributed by atoms with E-state index in [2.05, 4.69) is 9.84 Å². The molecule has 1 aromatic carbocycles. The normalized spacial score (nSPS) is 10.8. The summed E-state index contributed by atoms with van der Waals surface area (Å²) in [6, 6.07) is 6.00. The van der Waals surface area contributed by atoms with Crippen LogP contribution in [0.2, 0.25) is 0 Å². The van der Waals surface area contributed by atoms with Crippen LogP contribution in [0.25, 0.3) is 0 Å². The van der Waals surface area contributed by atoms with Gasteiger partial charge >= 0.3 is 6.61 Å². The Morgan fingerprint density at radius 2 is 2.04 bits per heavy atom. The fourth-order valence-electron chi connectivity index (χ4n) is 2.30. The van der Waals surface area contributed by atoms with Crippen molar-refractivity contribution in [2.24, 2.45) is 0 Å². The minimum absolute atomic E-state index is 0.0993. The second-order valence-corrected chi connectivity index (χ2v) is 5.30. The van der Waals surface area contributed by atoms with Crippen LogP contribution in [0.4, 0.5) is 8.78 Å². The summed E-state index contributed by atoms with van der Waals surface area (Å²) >= 11 is 0. The van der Waals surface area contributed by atoms with Crippen LogP contribution in [0, 0.1) is 0 Å². The Hall–Kier alpha value is -2.64.